The molecule has 5 nitrogen and oxygen atoms in total. The van der Waals surface area contributed by atoms with Crippen LogP contribution in [0.1, 0.15) is 29.6 Å². The van der Waals surface area contributed by atoms with Crippen LogP contribution in [0.5, 0.6) is 5.75 Å². The number of carboxylic acid groups (broad SMARTS) is 1. The van der Waals surface area contributed by atoms with E-state index in [2.05, 4.69) is 15.9 Å². The van der Waals surface area contributed by atoms with Crippen molar-refractivity contribution < 1.29 is 19.8 Å². The van der Waals surface area contributed by atoms with Gasteiger partial charge in [0.1, 0.15) is 5.75 Å². The number of phenols is 1. The molecule has 6 heteroatoms. The third-order valence-corrected chi connectivity index (χ3v) is 4.02. The smallest absolute Gasteiger partial charge is 0.303 e. The Morgan fingerprint density at radius 2 is 2.15 bits per heavy atom. The molecule has 0 saturated carbocycles. The predicted molar refractivity (Wildman–Crippen MR) is 76.7 cm³/mol. The largest absolute Gasteiger partial charge is 0.507 e. The van der Waals surface area contributed by atoms with Gasteiger partial charge in [0.25, 0.3) is 5.91 Å². The number of halogens is 1. The van der Waals surface area contributed by atoms with Crippen molar-refractivity contribution in [3.8, 4) is 5.75 Å². The monoisotopic (exact) mass is 341 g/mol. The number of carbonyl (C=O) groups is 2. The lowest BCUT2D eigenvalue weighted by atomic mass is 10.0. The molecule has 2 N–H and O–H groups in total. The zero-order valence-corrected chi connectivity index (χ0v) is 12.5. The Hall–Kier alpha value is -1.56. The second-order valence-electron chi connectivity index (χ2n) is 5.00. The molecule has 1 aliphatic heterocycles. The second-order valence-corrected chi connectivity index (χ2v) is 5.92. The quantitative estimate of drug-likeness (QED) is 0.881. The number of likely N-dealkylation sites (tertiary alicyclic amines) is 1. The van der Waals surface area contributed by atoms with Crippen molar-refractivity contribution in [3.63, 3.8) is 0 Å². The average Bonchev–Trinajstić information content (AvgIpc) is 2.84. The van der Waals surface area contributed by atoms with Gasteiger partial charge in [-0.1, -0.05) is 15.9 Å². The van der Waals surface area contributed by atoms with Crippen LogP contribution < -0.4 is 0 Å². The Kier molecular flexibility index (Phi) is 4.65. The van der Waals surface area contributed by atoms with Crippen molar-refractivity contribution in [1.29, 1.82) is 0 Å². The molecule has 0 spiro atoms. The van der Waals surface area contributed by atoms with Crippen LogP contribution >= 0.6 is 15.9 Å². The molecular formula is C14H16BrNO4. The summed E-state index contributed by atoms with van der Waals surface area (Å²) in [7, 11) is 0. The SMILES string of the molecule is O=C(O)CCC1CCN(C(=O)c2ccc(Br)cc2O)C1. The van der Waals surface area contributed by atoms with Crippen LogP contribution in [0.15, 0.2) is 22.7 Å². The van der Waals surface area contributed by atoms with Crippen LogP contribution in [0.3, 0.4) is 0 Å². The molecule has 0 radical (unpaired) electrons. The van der Waals surface area contributed by atoms with Crippen LogP contribution in [-0.2, 0) is 4.79 Å². The van der Waals surface area contributed by atoms with Gasteiger partial charge in [0.15, 0.2) is 0 Å². The van der Waals surface area contributed by atoms with Crippen molar-refractivity contribution in [3.05, 3.63) is 28.2 Å². The Balaban J connectivity index is 1.99. The fourth-order valence-corrected chi connectivity index (χ4v) is 2.79. The Bertz CT molecular complexity index is 532. The number of aromatic hydroxyl groups is 1. The molecule has 2 rings (SSSR count). The Labute approximate surface area is 125 Å². The first-order chi connectivity index (χ1) is 9.47. The van der Waals surface area contributed by atoms with Gasteiger partial charge in [0, 0.05) is 24.0 Å². The van der Waals surface area contributed by atoms with Crippen LogP contribution in [0.25, 0.3) is 0 Å². The van der Waals surface area contributed by atoms with Crippen LogP contribution in [0.4, 0.5) is 0 Å². The number of amides is 1. The van der Waals surface area contributed by atoms with Crippen molar-refractivity contribution in [1.82, 2.24) is 4.90 Å². The molecule has 1 aliphatic rings. The van der Waals surface area contributed by atoms with E-state index in [9.17, 15) is 14.7 Å². The summed E-state index contributed by atoms with van der Waals surface area (Å²) in [6.45, 7) is 1.17. The van der Waals surface area contributed by atoms with Crippen LogP contribution in [0.2, 0.25) is 0 Å². The van der Waals surface area contributed by atoms with Crippen molar-refractivity contribution in [2.45, 2.75) is 19.3 Å². The number of benzene rings is 1. The molecule has 1 atom stereocenters. The van der Waals surface area contributed by atoms with Crippen LogP contribution in [-0.4, -0.2) is 40.1 Å². The summed E-state index contributed by atoms with van der Waals surface area (Å²) in [5, 5.41) is 18.5. The van der Waals surface area contributed by atoms with E-state index in [1.165, 1.54) is 6.07 Å². The standard InChI is InChI=1S/C14H16BrNO4/c15-10-2-3-11(12(17)7-10)14(20)16-6-5-9(8-16)1-4-13(18)19/h2-3,7,9,17H,1,4-6,8H2,(H,18,19). The summed E-state index contributed by atoms with van der Waals surface area (Å²) in [6, 6.07) is 4.79. The van der Waals surface area contributed by atoms with Gasteiger partial charge in [-0.15, -0.1) is 0 Å². The van der Waals surface area contributed by atoms with Gasteiger partial charge < -0.3 is 15.1 Å². The number of carboxylic acids is 1. The summed E-state index contributed by atoms with van der Waals surface area (Å²) < 4.78 is 0.715. The molecule has 1 aromatic rings. The number of hydrogen-bond acceptors (Lipinski definition) is 3. The maximum absolute atomic E-state index is 12.3. The van der Waals surface area contributed by atoms with E-state index in [4.69, 9.17) is 5.11 Å². The molecule has 108 valence electrons. The molecule has 1 heterocycles. The van der Waals surface area contributed by atoms with E-state index in [-0.39, 0.29) is 29.6 Å². The zero-order chi connectivity index (χ0) is 14.7. The molecule has 0 bridgehead atoms. The molecule has 1 unspecified atom stereocenters. The lowest BCUT2D eigenvalue weighted by molar-refractivity contribution is -0.137. The highest BCUT2D eigenvalue weighted by Crippen LogP contribution is 2.27. The normalized spacial score (nSPS) is 18.2. The first-order valence-electron chi connectivity index (χ1n) is 6.47. The average molecular weight is 342 g/mol. The number of hydrogen-bond donors (Lipinski definition) is 2. The fraction of sp³-hybridized carbons (Fsp3) is 0.429. The molecule has 1 saturated heterocycles. The molecular weight excluding hydrogens is 326 g/mol. The first-order valence-corrected chi connectivity index (χ1v) is 7.26. The van der Waals surface area contributed by atoms with Gasteiger partial charge in [-0.05, 0) is 37.0 Å². The third kappa shape index (κ3) is 3.50. The van der Waals surface area contributed by atoms with Gasteiger partial charge in [-0.25, -0.2) is 0 Å². The summed E-state index contributed by atoms with van der Waals surface area (Å²) >= 11 is 3.23. The van der Waals surface area contributed by atoms with E-state index >= 15 is 0 Å². The van der Waals surface area contributed by atoms with E-state index < -0.39 is 5.97 Å². The number of aliphatic carboxylic acids is 1. The molecule has 0 aliphatic carbocycles. The highest BCUT2D eigenvalue weighted by atomic mass is 79.9. The topological polar surface area (TPSA) is 77.8 Å². The van der Waals surface area contributed by atoms with E-state index in [1.807, 2.05) is 0 Å². The lowest BCUT2D eigenvalue weighted by Gasteiger charge is -2.17. The maximum atomic E-state index is 12.3. The van der Waals surface area contributed by atoms with Crippen molar-refractivity contribution in [2.75, 3.05) is 13.1 Å². The van der Waals surface area contributed by atoms with Gasteiger partial charge in [-0.3, -0.25) is 9.59 Å². The fourth-order valence-electron chi connectivity index (χ4n) is 2.44. The molecule has 1 amide bonds. The zero-order valence-electron chi connectivity index (χ0n) is 10.9. The second kappa shape index (κ2) is 6.26. The molecule has 1 aromatic carbocycles. The molecule has 20 heavy (non-hydrogen) atoms. The van der Waals surface area contributed by atoms with E-state index in [0.717, 1.165) is 6.42 Å². The van der Waals surface area contributed by atoms with Crippen LogP contribution in [0, 0.1) is 5.92 Å². The summed E-state index contributed by atoms with van der Waals surface area (Å²) in [5.41, 5.74) is 0.284. The molecule has 1 fully saturated rings. The number of phenolic OH excluding ortho intramolecular Hbond substituents is 1. The van der Waals surface area contributed by atoms with Gasteiger partial charge in [-0.2, -0.15) is 0 Å². The third-order valence-electron chi connectivity index (χ3n) is 3.53. The van der Waals surface area contributed by atoms with E-state index in [0.29, 0.717) is 24.0 Å². The highest BCUT2D eigenvalue weighted by molar-refractivity contribution is 9.10. The minimum atomic E-state index is -0.805. The maximum Gasteiger partial charge on any atom is 0.303 e. The minimum absolute atomic E-state index is 0.0432. The summed E-state index contributed by atoms with van der Waals surface area (Å²) in [4.78, 5) is 24.5. The number of rotatable bonds is 4. The first kappa shape index (κ1) is 14.8. The van der Waals surface area contributed by atoms with Crippen molar-refractivity contribution >= 4 is 27.8 Å². The lowest BCUT2D eigenvalue weighted by Crippen LogP contribution is -2.28. The minimum Gasteiger partial charge on any atom is -0.507 e. The number of carbonyl (C=O) groups excluding carboxylic acids is 1. The Morgan fingerprint density at radius 1 is 1.40 bits per heavy atom. The highest BCUT2D eigenvalue weighted by Gasteiger charge is 2.28. The summed E-state index contributed by atoms with van der Waals surface area (Å²) in [5.74, 6) is -0.820. The number of nitrogens with zero attached hydrogens (tertiary/aromatic N) is 1. The van der Waals surface area contributed by atoms with Gasteiger partial charge in [0.05, 0.1) is 5.56 Å². The molecule has 0 aromatic heterocycles. The van der Waals surface area contributed by atoms with Gasteiger partial charge in [0.2, 0.25) is 0 Å². The summed E-state index contributed by atoms with van der Waals surface area (Å²) in [6.07, 6.45) is 1.54. The van der Waals surface area contributed by atoms with Crippen molar-refractivity contribution in [2.24, 2.45) is 5.92 Å². The van der Waals surface area contributed by atoms with Gasteiger partial charge >= 0.3 is 5.97 Å². The Morgan fingerprint density at radius 3 is 2.80 bits per heavy atom. The predicted octanol–water partition coefficient (Wildman–Crippen LogP) is 2.48. The van der Waals surface area contributed by atoms with E-state index in [1.54, 1.807) is 17.0 Å².